The van der Waals surface area contributed by atoms with Crippen LogP contribution in [0.15, 0.2) is 12.1 Å². The zero-order valence-corrected chi connectivity index (χ0v) is 10.4. The highest BCUT2D eigenvalue weighted by molar-refractivity contribution is 6.31. The van der Waals surface area contributed by atoms with Crippen LogP contribution in [-0.2, 0) is 0 Å². The van der Waals surface area contributed by atoms with Crippen molar-refractivity contribution in [2.75, 3.05) is 6.61 Å². The van der Waals surface area contributed by atoms with Gasteiger partial charge in [0.05, 0.1) is 18.3 Å². The molecule has 88 valence electrons. The molecule has 0 aliphatic heterocycles. The molecule has 0 aliphatic rings. The maximum absolute atomic E-state index is 10.9. The Balaban J connectivity index is 3.21. The first-order chi connectivity index (χ1) is 7.58. The van der Waals surface area contributed by atoms with Gasteiger partial charge in [0.1, 0.15) is 0 Å². The average Bonchev–Trinajstić information content (AvgIpc) is 2.21. The van der Waals surface area contributed by atoms with Crippen LogP contribution in [0.1, 0.15) is 31.1 Å². The minimum absolute atomic E-state index is 0.0286. The first-order valence-corrected chi connectivity index (χ1v) is 5.54. The van der Waals surface area contributed by atoms with E-state index < -0.39 is 0 Å². The van der Waals surface area contributed by atoms with Crippen LogP contribution in [-0.4, -0.2) is 19.0 Å². The van der Waals surface area contributed by atoms with Gasteiger partial charge in [0.15, 0.2) is 17.8 Å². The summed E-state index contributed by atoms with van der Waals surface area (Å²) >= 11 is 5.88. The van der Waals surface area contributed by atoms with Gasteiger partial charge in [0.2, 0.25) is 0 Å². The van der Waals surface area contributed by atoms with E-state index >= 15 is 0 Å². The fourth-order valence-corrected chi connectivity index (χ4v) is 1.52. The van der Waals surface area contributed by atoms with Crippen molar-refractivity contribution in [1.82, 2.24) is 0 Å². The molecule has 0 bridgehead atoms. The summed E-state index contributed by atoms with van der Waals surface area (Å²) in [6.45, 7) is 6.13. The summed E-state index contributed by atoms with van der Waals surface area (Å²) in [7, 11) is 0. The number of benzene rings is 1. The van der Waals surface area contributed by atoms with E-state index in [0.29, 0.717) is 35.0 Å². The summed E-state index contributed by atoms with van der Waals surface area (Å²) in [4.78, 5) is 10.9. The second kappa shape index (κ2) is 5.75. The van der Waals surface area contributed by atoms with Gasteiger partial charge in [-0.2, -0.15) is 0 Å². The normalized spacial score (nSPS) is 10.3. The van der Waals surface area contributed by atoms with Gasteiger partial charge in [0.25, 0.3) is 0 Å². The highest BCUT2D eigenvalue weighted by atomic mass is 35.5. The third kappa shape index (κ3) is 3.14. The molecule has 1 rings (SSSR count). The smallest absolute Gasteiger partial charge is 0.172 e. The van der Waals surface area contributed by atoms with Crippen LogP contribution in [0.5, 0.6) is 11.5 Å². The van der Waals surface area contributed by atoms with Crippen LogP contribution >= 0.6 is 11.6 Å². The third-order valence-corrected chi connectivity index (χ3v) is 2.05. The van der Waals surface area contributed by atoms with E-state index in [1.54, 1.807) is 12.1 Å². The number of carbonyl (C=O) groups is 1. The fourth-order valence-electron chi connectivity index (χ4n) is 1.30. The highest BCUT2D eigenvalue weighted by Crippen LogP contribution is 2.34. The lowest BCUT2D eigenvalue weighted by Gasteiger charge is -2.16. The van der Waals surface area contributed by atoms with Crippen molar-refractivity contribution in [1.29, 1.82) is 0 Å². The predicted molar refractivity (Wildman–Crippen MR) is 63.8 cm³/mol. The number of halogens is 1. The van der Waals surface area contributed by atoms with Gasteiger partial charge >= 0.3 is 0 Å². The Hall–Kier alpha value is -1.22. The van der Waals surface area contributed by atoms with Crippen molar-refractivity contribution in [2.45, 2.75) is 26.9 Å². The first-order valence-electron chi connectivity index (χ1n) is 5.16. The van der Waals surface area contributed by atoms with E-state index in [2.05, 4.69) is 0 Å². The molecule has 0 aromatic heterocycles. The largest absolute Gasteiger partial charge is 0.490 e. The minimum atomic E-state index is -0.0286. The van der Waals surface area contributed by atoms with E-state index in [1.807, 2.05) is 20.8 Å². The van der Waals surface area contributed by atoms with Crippen molar-refractivity contribution >= 4 is 17.9 Å². The van der Waals surface area contributed by atoms with Gasteiger partial charge in [-0.3, -0.25) is 4.79 Å². The first kappa shape index (κ1) is 12.8. The molecule has 4 heteroatoms. The number of carbonyl (C=O) groups excluding carboxylic acids is 1. The molecule has 0 unspecified atom stereocenters. The van der Waals surface area contributed by atoms with Crippen molar-refractivity contribution in [3.63, 3.8) is 0 Å². The Morgan fingerprint density at radius 1 is 1.44 bits per heavy atom. The zero-order chi connectivity index (χ0) is 12.1. The maximum atomic E-state index is 10.9. The second-order valence-corrected chi connectivity index (χ2v) is 3.98. The number of hydrogen-bond donors (Lipinski definition) is 0. The summed E-state index contributed by atoms with van der Waals surface area (Å²) in [6, 6.07) is 3.21. The van der Waals surface area contributed by atoms with Gasteiger partial charge in [-0.15, -0.1) is 0 Å². The highest BCUT2D eigenvalue weighted by Gasteiger charge is 2.14. The molecule has 0 heterocycles. The molecule has 0 spiro atoms. The molecular formula is C12H15ClO3. The van der Waals surface area contributed by atoms with Crippen molar-refractivity contribution < 1.29 is 14.3 Å². The van der Waals surface area contributed by atoms with Gasteiger partial charge in [-0.1, -0.05) is 11.6 Å². The average molecular weight is 243 g/mol. The molecule has 0 N–H and O–H groups in total. The van der Waals surface area contributed by atoms with Crippen LogP contribution < -0.4 is 9.47 Å². The Morgan fingerprint density at radius 2 is 2.12 bits per heavy atom. The van der Waals surface area contributed by atoms with E-state index in [1.165, 1.54) is 0 Å². The topological polar surface area (TPSA) is 35.5 Å². The quantitative estimate of drug-likeness (QED) is 0.743. The van der Waals surface area contributed by atoms with E-state index in [4.69, 9.17) is 21.1 Å². The predicted octanol–water partition coefficient (Wildman–Crippen LogP) is 3.34. The lowest BCUT2D eigenvalue weighted by molar-refractivity contribution is 0.111. The minimum Gasteiger partial charge on any atom is -0.490 e. The molecule has 0 radical (unpaired) electrons. The number of aldehydes is 1. The standard InChI is InChI=1S/C12H15ClO3/c1-4-15-11-6-10(13)5-9(7-14)12(11)16-8(2)3/h5-8H,4H2,1-3H3. The number of ether oxygens (including phenoxy) is 2. The molecule has 0 fully saturated rings. The van der Waals surface area contributed by atoms with E-state index in [0.717, 1.165) is 0 Å². The Bertz CT molecular complexity index is 375. The van der Waals surface area contributed by atoms with E-state index in [-0.39, 0.29) is 6.10 Å². The number of rotatable bonds is 5. The Kier molecular flexibility index (Phi) is 4.62. The van der Waals surface area contributed by atoms with Crippen molar-refractivity contribution in [3.8, 4) is 11.5 Å². The molecule has 0 atom stereocenters. The third-order valence-electron chi connectivity index (χ3n) is 1.83. The molecule has 16 heavy (non-hydrogen) atoms. The summed E-state index contributed by atoms with van der Waals surface area (Å²) in [5.74, 6) is 0.960. The van der Waals surface area contributed by atoms with Crippen LogP contribution in [0.3, 0.4) is 0 Å². The van der Waals surface area contributed by atoms with Crippen LogP contribution in [0, 0.1) is 0 Å². The SMILES string of the molecule is CCOc1cc(Cl)cc(C=O)c1OC(C)C. The lowest BCUT2D eigenvalue weighted by atomic mass is 10.2. The van der Waals surface area contributed by atoms with Crippen LogP contribution in [0.25, 0.3) is 0 Å². The van der Waals surface area contributed by atoms with Gasteiger partial charge in [-0.05, 0) is 26.8 Å². The molecule has 0 amide bonds. The molecule has 0 saturated heterocycles. The molecule has 1 aromatic rings. The summed E-state index contributed by atoms with van der Waals surface area (Å²) in [5, 5.41) is 0.460. The Morgan fingerprint density at radius 3 is 2.62 bits per heavy atom. The zero-order valence-electron chi connectivity index (χ0n) is 9.62. The van der Waals surface area contributed by atoms with Gasteiger partial charge in [0, 0.05) is 11.1 Å². The molecule has 0 saturated carbocycles. The fraction of sp³-hybridized carbons (Fsp3) is 0.417. The number of hydrogen-bond acceptors (Lipinski definition) is 3. The molecule has 1 aromatic carbocycles. The lowest BCUT2D eigenvalue weighted by Crippen LogP contribution is -2.09. The van der Waals surface area contributed by atoms with Crippen molar-refractivity contribution in [2.24, 2.45) is 0 Å². The molecule has 0 aliphatic carbocycles. The molecule has 3 nitrogen and oxygen atoms in total. The Labute approximate surface area is 100 Å². The summed E-state index contributed by atoms with van der Waals surface area (Å²) in [6.07, 6.45) is 0.686. The van der Waals surface area contributed by atoms with E-state index in [9.17, 15) is 4.79 Å². The van der Waals surface area contributed by atoms with Gasteiger partial charge in [-0.25, -0.2) is 0 Å². The summed E-state index contributed by atoms with van der Waals surface area (Å²) in [5.41, 5.74) is 0.407. The van der Waals surface area contributed by atoms with Crippen LogP contribution in [0.2, 0.25) is 5.02 Å². The molecular weight excluding hydrogens is 228 g/mol. The summed E-state index contributed by atoms with van der Waals surface area (Å²) < 4.78 is 11.0. The van der Waals surface area contributed by atoms with Crippen LogP contribution in [0.4, 0.5) is 0 Å². The second-order valence-electron chi connectivity index (χ2n) is 3.54. The maximum Gasteiger partial charge on any atom is 0.172 e. The van der Waals surface area contributed by atoms with Crippen molar-refractivity contribution in [3.05, 3.63) is 22.7 Å². The van der Waals surface area contributed by atoms with Gasteiger partial charge < -0.3 is 9.47 Å². The monoisotopic (exact) mass is 242 g/mol.